The Morgan fingerprint density at radius 2 is 1.88 bits per heavy atom. The monoisotopic (exact) mass is 345 g/mol. The molecule has 128 valence electrons. The van der Waals surface area contributed by atoms with E-state index >= 15 is 0 Å². The fraction of sp³-hybridized carbons (Fsp3) is 0.444. The van der Waals surface area contributed by atoms with Crippen molar-refractivity contribution in [3.05, 3.63) is 43.9 Å². The summed E-state index contributed by atoms with van der Waals surface area (Å²) in [4.78, 5) is 31.6. The van der Waals surface area contributed by atoms with Gasteiger partial charge in [0.25, 0.3) is 0 Å². The highest BCUT2D eigenvalue weighted by Crippen LogP contribution is 2.26. The lowest BCUT2D eigenvalue weighted by molar-refractivity contribution is -0.130. The van der Waals surface area contributed by atoms with Crippen LogP contribution in [0.5, 0.6) is 0 Å². The Kier molecular flexibility index (Phi) is 4.87. The maximum atomic E-state index is 11.9. The van der Waals surface area contributed by atoms with Gasteiger partial charge in [0, 0.05) is 44.5 Å². The molecule has 1 fully saturated rings. The number of carbonyl (C=O) groups is 1. The molecule has 24 heavy (non-hydrogen) atoms. The Hall–Kier alpha value is -1.92. The summed E-state index contributed by atoms with van der Waals surface area (Å²) in [6, 6.07) is 6.29. The van der Waals surface area contributed by atoms with E-state index in [1.807, 2.05) is 4.90 Å². The van der Waals surface area contributed by atoms with Crippen molar-refractivity contribution in [2.45, 2.75) is 27.3 Å². The average molecular weight is 345 g/mol. The molecule has 6 heteroatoms. The molecule has 1 N–H and O–H groups in total. The summed E-state index contributed by atoms with van der Waals surface area (Å²) in [5.74, 6) is 0.136. The molecule has 2 aromatic rings. The first-order valence-corrected chi connectivity index (χ1v) is 9.03. The van der Waals surface area contributed by atoms with Gasteiger partial charge in [-0.05, 0) is 36.6 Å². The van der Waals surface area contributed by atoms with Crippen LogP contribution in [0, 0.1) is 13.8 Å². The molecule has 0 spiro atoms. The maximum absolute atomic E-state index is 11.9. The van der Waals surface area contributed by atoms with E-state index < -0.39 is 0 Å². The lowest BCUT2D eigenvalue weighted by Crippen LogP contribution is -2.47. The van der Waals surface area contributed by atoms with Gasteiger partial charge in [-0.25, -0.2) is 0 Å². The van der Waals surface area contributed by atoms with Crippen molar-refractivity contribution < 1.29 is 4.79 Å². The number of H-pyrrole nitrogens is 1. The maximum Gasteiger partial charge on any atom is 0.305 e. The minimum atomic E-state index is -0.0133. The van der Waals surface area contributed by atoms with Crippen LogP contribution in [0.4, 0.5) is 0 Å². The summed E-state index contributed by atoms with van der Waals surface area (Å²) >= 11 is 1.29. The summed E-state index contributed by atoms with van der Waals surface area (Å²) in [5, 5.41) is 0. The Labute approximate surface area is 145 Å². The number of aromatic amines is 1. The zero-order chi connectivity index (χ0) is 17.3. The summed E-state index contributed by atoms with van der Waals surface area (Å²) in [6.07, 6.45) is 0. The second-order valence-electron chi connectivity index (χ2n) is 6.39. The number of rotatable bonds is 3. The smallest absolute Gasteiger partial charge is 0.305 e. The molecule has 0 aliphatic carbocycles. The van der Waals surface area contributed by atoms with Crippen LogP contribution in [0.2, 0.25) is 0 Å². The first-order valence-electron chi connectivity index (χ1n) is 8.21. The molecule has 0 unspecified atom stereocenters. The van der Waals surface area contributed by atoms with Crippen LogP contribution in [0.1, 0.15) is 22.9 Å². The standard InChI is InChI=1S/C18H23N3O2S/c1-12-4-5-15(10-13(12)2)17-16(24-18(23)19-17)11-20-6-8-21(9-7-20)14(3)22/h4-5,10H,6-9,11H2,1-3H3,(H,19,23). The number of carbonyl (C=O) groups excluding carboxylic acids is 1. The number of amides is 1. The molecule has 0 saturated carbocycles. The van der Waals surface area contributed by atoms with Crippen LogP contribution in [-0.4, -0.2) is 46.9 Å². The first-order chi connectivity index (χ1) is 11.4. The van der Waals surface area contributed by atoms with Crippen molar-refractivity contribution >= 4 is 17.2 Å². The van der Waals surface area contributed by atoms with Gasteiger partial charge in [0.2, 0.25) is 5.91 Å². The zero-order valence-electron chi connectivity index (χ0n) is 14.4. The van der Waals surface area contributed by atoms with Gasteiger partial charge in [0.15, 0.2) is 0 Å². The number of nitrogens with one attached hydrogen (secondary N) is 1. The van der Waals surface area contributed by atoms with Crippen LogP contribution in [-0.2, 0) is 11.3 Å². The Morgan fingerprint density at radius 3 is 2.50 bits per heavy atom. The predicted octanol–water partition coefficient (Wildman–Crippen LogP) is 2.38. The third-order valence-electron chi connectivity index (χ3n) is 4.70. The lowest BCUT2D eigenvalue weighted by atomic mass is 10.0. The van der Waals surface area contributed by atoms with Gasteiger partial charge in [-0.3, -0.25) is 14.5 Å². The number of aromatic nitrogens is 1. The molecular weight excluding hydrogens is 322 g/mol. The van der Waals surface area contributed by atoms with Gasteiger partial charge in [0.1, 0.15) is 0 Å². The molecule has 1 aliphatic heterocycles. The number of piperazine rings is 1. The Balaban J connectivity index is 1.79. The minimum absolute atomic E-state index is 0.0133. The van der Waals surface area contributed by atoms with Crippen LogP contribution in [0.3, 0.4) is 0 Å². The summed E-state index contributed by atoms with van der Waals surface area (Å²) in [5.41, 5.74) is 4.47. The molecule has 1 saturated heterocycles. The summed E-state index contributed by atoms with van der Waals surface area (Å²) in [6.45, 7) is 9.75. The van der Waals surface area contributed by atoms with Crippen molar-refractivity contribution in [1.29, 1.82) is 0 Å². The fourth-order valence-electron chi connectivity index (χ4n) is 3.03. The molecule has 3 rings (SSSR count). The lowest BCUT2D eigenvalue weighted by Gasteiger charge is -2.34. The van der Waals surface area contributed by atoms with Gasteiger partial charge in [-0.2, -0.15) is 0 Å². The molecule has 1 aliphatic rings. The second kappa shape index (κ2) is 6.91. The van der Waals surface area contributed by atoms with Gasteiger partial charge in [-0.1, -0.05) is 23.5 Å². The SMILES string of the molecule is CC(=O)N1CCN(Cc2sc(=O)[nH]c2-c2ccc(C)c(C)c2)CC1. The highest BCUT2D eigenvalue weighted by atomic mass is 32.1. The van der Waals surface area contributed by atoms with Gasteiger partial charge < -0.3 is 9.88 Å². The van der Waals surface area contributed by atoms with E-state index in [1.165, 1.54) is 22.5 Å². The van der Waals surface area contributed by atoms with Crippen LogP contribution in [0.25, 0.3) is 11.3 Å². The van der Waals surface area contributed by atoms with Crippen molar-refractivity contribution in [2.75, 3.05) is 26.2 Å². The minimum Gasteiger partial charge on any atom is -0.340 e. The normalized spacial score (nSPS) is 15.7. The van der Waals surface area contributed by atoms with Gasteiger partial charge in [0.05, 0.1) is 5.69 Å². The highest BCUT2D eigenvalue weighted by molar-refractivity contribution is 7.09. The molecule has 1 aromatic carbocycles. The van der Waals surface area contributed by atoms with Crippen LogP contribution < -0.4 is 4.87 Å². The molecule has 2 heterocycles. The average Bonchev–Trinajstić information content (AvgIpc) is 2.91. The number of hydrogen-bond acceptors (Lipinski definition) is 4. The van der Waals surface area contributed by atoms with Crippen LogP contribution in [0.15, 0.2) is 23.0 Å². The first kappa shape index (κ1) is 16.9. The van der Waals surface area contributed by atoms with E-state index in [2.05, 4.69) is 41.9 Å². The Morgan fingerprint density at radius 1 is 1.17 bits per heavy atom. The fourth-order valence-corrected chi connectivity index (χ4v) is 3.92. The zero-order valence-corrected chi connectivity index (χ0v) is 15.2. The highest BCUT2D eigenvalue weighted by Gasteiger charge is 2.21. The third kappa shape index (κ3) is 3.60. The van der Waals surface area contributed by atoms with E-state index in [0.29, 0.717) is 0 Å². The predicted molar refractivity (Wildman–Crippen MR) is 97.4 cm³/mol. The van der Waals surface area contributed by atoms with E-state index in [0.717, 1.165) is 48.9 Å². The van der Waals surface area contributed by atoms with Gasteiger partial charge >= 0.3 is 4.87 Å². The topological polar surface area (TPSA) is 56.4 Å². The van der Waals surface area contributed by atoms with E-state index in [4.69, 9.17) is 0 Å². The quantitative estimate of drug-likeness (QED) is 0.929. The molecular formula is C18H23N3O2S. The summed E-state index contributed by atoms with van der Waals surface area (Å²) < 4.78 is 0. The number of thiazole rings is 1. The van der Waals surface area contributed by atoms with Crippen molar-refractivity contribution in [3.63, 3.8) is 0 Å². The number of benzene rings is 1. The molecule has 0 bridgehead atoms. The van der Waals surface area contributed by atoms with E-state index in [9.17, 15) is 9.59 Å². The Bertz CT molecular complexity index is 801. The van der Waals surface area contributed by atoms with E-state index in [1.54, 1.807) is 6.92 Å². The largest absolute Gasteiger partial charge is 0.340 e. The molecule has 1 aromatic heterocycles. The van der Waals surface area contributed by atoms with Crippen molar-refractivity contribution in [1.82, 2.24) is 14.8 Å². The number of nitrogens with zero attached hydrogens (tertiary/aromatic N) is 2. The molecule has 0 atom stereocenters. The summed E-state index contributed by atoms with van der Waals surface area (Å²) in [7, 11) is 0. The molecule has 5 nitrogen and oxygen atoms in total. The van der Waals surface area contributed by atoms with Crippen molar-refractivity contribution in [2.24, 2.45) is 0 Å². The third-order valence-corrected chi connectivity index (χ3v) is 5.57. The molecule has 0 radical (unpaired) electrons. The van der Waals surface area contributed by atoms with Crippen LogP contribution >= 0.6 is 11.3 Å². The number of aryl methyl sites for hydroxylation is 2. The van der Waals surface area contributed by atoms with Crippen molar-refractivity contribution in [3.8, 4) is 11.3 Å². The second-order valence-corrected chi connectivity index (χ2v) is 7.46. The molecule has 1 amide bonds. The van der Waals surface area contributed by atoms with Gasteiger partial charge in [-0.15, -0.1) is 0 Å². The van der Waals surface area contributed by atoms with E-state index in [-0.39, 0.29) is 10.8 Å². The number of hydrogen-bond donors (Lipinski definition) is 1.